The van der Waals surface area contributed by atoms with Gasteiger partial charge in [-0.1, -0.05) is 37.9 Å². The Balaban J connectivity index is 1.61. The van der Waals surface area contributed by atoms with Crippen molar-refractivity contribution in [2.45, 2.75) is 12.6 Å². The van der Waals surface area contributed by atoms with Gasteiger partial charge in [0.2, 0.25) is 0 Å². The number of hydrogen-bond acceptors (Lipinski definition) is 3. The summed E-state index contributed by atoms with van der Waals surface area (Å²) in [4.78, 5) is 0. The first kappa shape index (κ1) is 19.3. The first-order valence-corrected chi connectivity index (χ1v) is 10.6. The molecule has 1 heterocycles. The normalized spacial score (nSPS) is 12.4. The third-order valence-electron chi connectivity index (χ3n) is 4.79. The van der Waals surface area contributed by atoms with Crippen LogP contribution in [0, 0.1) is 0 Å². The number of ether oxygens (including phenoxy) is 1. The van der Waals surface area contributed by atoms with Crippen molar-refractivity contribution in [1.29, 1.82) is 0 Å². The van der Waals surface area contributed by atoms with Gasteiger partial charge in [-0.3, -0.25) is 0 Å². The van der Waals surface area contributed by atoms with Gasteiger partial charge in [0.05, 0.1) is 19.8 Å². The zero-order valence-electron chi connectivity index (χ0n) is 15.3. The standard InChI is InChI=1S/C22H20Br2N2O2/c1-28-18-4-2-3-16(11-18)25-12-17(27)13-26-21-7-5-14(23)9-19(21)20-10-15(24)6-8-22(20)26/h2-11,17,25,27H,12-13H2,1H3/t17-/m0/s1. The molecule has 1 atom stereocenters. The zero-order valence-corrected chi connectivity index (χ0v) is 18.5. The molecule has 3 aromatic carbocycles. The molecule has 0 saturated heterocycles. The number of aromatic nitrogens is 1. The molecule has 4 aromatic rings. The lowest BCUT2D eigenvalue weighted by molar-refractivity contribution is 0.169. The van der Waals surface area contributed by atoms with Crippen molar-refractivity contribution < 1.29 is 9.84 Å². The fourth-order valence-corrected chi connectivity index (χ4v) is 4.21. The second kappa shape index (κ2) is 8.15. The zero-order chi connectivity index (χ0) is 19.7. The highest BCUT2D eigenvalue weighted by atomic mass is 79.9. The number of methoxy groups -OCH3 is 1. The van der Waals surface area contributed by atoms with Crippen LogP contribution in [-0.2, 0) is 6.54 Å². The highest BCUT2D eigenvalue weighted by molar-refractivity contribution is 9.10. The van der Waals surface area contributed by atoms with Crippen molar-refractivity contribution in [3.63, 3.8) is 0 Å². The third-order valence-corrected chi connectivity index (χ3v) is 5.78. The maximum absolute atomic E-state index is 10.7. The summed E-state index contributed by atoms with van der Waals surface area (Å²) in [7, 11) is 1.65. The van der Waals surface area contributed by atoms with Gasteiger partial charge >= 0.3 is 0 Å². The van der Waals surface area contributed by atoms with Crippen molar-refractivity contribution in [1.82, 2.24) is 4.57 Å². The Morgan fingerprint density at radius 2 is 1.61 bits per heavy atom. The molecule has 0 aliphatic rings. The maximum Gasteiger partial charge on any atom is 0.120 e. The number of aliphatic hydroxyl groups is 1. The van der Waals surface area contributed by atoms with Crippen molar-refractivity contribution >= 4 is 59.4 Å². The number of anilines is 1. The maximum atomic E-state index is 10.7. The van der Waals surface area contributed by atoms with Gasteiger partial charge in [0.25, 0.3) is 0 Å². The van der Waals surface area contributed by atoms with Crippen LogP contribution in [0.2, 0.25) is 0 Å². The van der Waals surface area contributed by atoms with Crippen molar-refractivity contribution in [3.8, 4) is 5.75 Å². The smallest absolute Gasteiger partial charge is 0.120 e. The third kappa shape index (κ3) is 3.90. The molecule has 0 saturated carbocycles. The van der Waals surface area contributed by atoms with Gasteiger partial charge in [-0.2, -0.15) is 0 Å². The van der Waals surface area contributed by atoms with E-state index < -0.39 is 6.10 Å². The monoisotopic (exact) mass is 502 g/mol. The number of hydrogen-bond donors (Lipinski definition) is 2. The van der Waals surface area contributed by atoms with E-state index in [1.807, 2.05) is 36.4 Å². The van der Waals surface area contributed by atoms with Gasteiger partial charge < -0.3 is 19.7 Å². The van der Waals surface area contributed by atoms with Crippen LogP contribution < -0.4 is 10.1 Å². The van der Waals surface area contributed by atoms with Crippen LogP contribution in [0.3, 0.4) is 0 Å². The molecular formula is C22H20Br2N2O2. The second-order valence-electron chi connectivity index (χ2n) is 6.70. The largest absolute Gasteiger partial charge is 0.497 e. The summed E-state index contributed by atoms with van der Waals surface area (Å²) in [5, 5.41) is 16.3. The predicted octanol–water partition coefficient (Wildman–Crippen LogP) is 5.80. The Hall–Kier alpha value is -2.02. The fraction of sp³-hybridized carbons (Fsp3) is 0.182. The summed E-state index contributed by atoms with van der Waals surface area (Å²) in [6.07, 6.45) is -0.544. The molecule has 0 aliphatic carbocycles. The number of halogens is 2. The van der Waals surface area contributed by atoms with E-state index in [9.17, 15) is 5.11 Å². The average Bonchev–Trinajstić information content (AvgIpc) is 2.99. The Morgan fingerprint density at radius 1 is 0.964 bits per heavy atom. The van der Waals surface area contributed by atoms with Crippen LogP contribution in [0.25, 0.3) is 21.8 Å². The van der Waals surface area contributed by atoms with Crippen LogP contribution in [0.5, 0.6) is 5.75 Å². The number of aliphatic hydroxyl groups excluding tert-OH is 1. The van der Waals surface area contributed by atoms with Crippen LogP contribution >= 0.6 is 31.9 Å². The van der Waals surface area contributed by atoms with E-state index in [4.69, 9.17) is 4.74 Å². The van der Waals surface area contributed by atoms with E-state index in [2.05, 4.69) is 66.0 Å². The van der Waals surface area contributed by atoms with Crippen LogP contribution in [0.15, 0.2) is 69.6 Å². The molecule has 4 nitrogen and oxygen atoms in total. The summed E-state index contributed by atoms with van der Waals surface area (Å²) < 4.78 is 9.51. The molecular weight excluding hydrogens is 484 g/mol. The Labute approximate surface area is 180 Å². The Kier molecular flexibility index (Phi) is 5.62. The topological polar surface area (TPSA) is 46.4 Å². The van der Waals surface area contributed by atoms with E-state index in [1.165, 1.54) is 10.8 Å². The van der Waals surface area contributed by atoms with Crippen LogP contribution in [-0.4, -0.2) is 29.4 Å². The molecule has 0 unspecified atom stereocenters. The van der Waals surface area contributed by atoms with Gasteiger partial charge in [-0.15, -0.1) is 0 Å². The van der Waals surface area contributed by atoms with Crippen LogP contribution in [0.1, 0.15) is 0 Å². The van der Waals surface area contributed by atoms with Gasteiger partial charge in [0, 0.05) is 49.0 Å². The lowest BCUT2D eigenvalue weighted by Gasteiger charge is -2.16. The van der Waals surface area contributed by atoms with E-state index in [0.717, 1.165) is 31.4 Å². The number of rotatable bonds is 6. The number of fused-ring (bicyclic) bond motifs is 3. The van der Waals surface area contributed by atoms with Gasteiger partial charge in [0.15, 0.2) is 0 Å². The SMILES string of the molecule is COc1cccc(NC[C@H](O)Cn2c3ccc(Br)cc3c3cc(Br)ccc32)c1. The van der Waals surface area contributed by atoms with Crippen molar-refractivity contribution in [2.24, 2.45) is 0 Å². The highest BCUT2D eigenvalue weighted by Gasteiger charge is 2.14. The van der Waals surface area contributed by atoms with Crippen LogP contribution in [0.4, 0.5) is 5.69 Å². The minimum atomic E-state index is -0.544. The lowest BCUT2D eigenvalue weighted by atomic mass is 10.2. The van der Waals surface area contributed by atoms with Gasteiger partial charge in [0.1, 0.15) is 5.75 Å². The number of nitrogens with zero attached hydrogens (tertiary/aromatic N) is 1. The van der Waals surface area contributed by atoms with Gasteiger partial charge in [-0.25, -0.2) is 0 Å². The summed E-state index contributed by atoms with van der Waals surface area (Å²) in [6, 6.07) is 20.2. The predicted molar refractivity (Wildman–Crippen MR) is 122 cm³/mol. The molecule has 1 aromatic heterocycles. The molecule has 2 N–H and O–H groups in total. The first-order valence-electron chi connectivity index (χ1n) is 8.98. The lowest BCUT2D eigenvalue weighted by Crippen LogP contribution is -2.24. The van der Waals surface area contributed by atoms with E-state index in [1.54, 1.807) is 7.11 Å². The molecule has 6 heteroatoms. The minimum absolute atomic E-state index is 0.446. The summed E-state index contributed by atoms with van der Waals surface area (Å²) in [5.41, 5.74) is 3.14. The molecule has 0 fully saturated rings. The molecule has 0 aliphatic heterocycles. The van der Waals surface area contributed by atoms with Crippen molar-refractivity contribution in [3.05, 3.63) is 69.6 Å². The molecule has 0 spiro atoms. The summed E-state index contributed by atoms with van der Waals surface area (Å²) in [6.45, 7) is 0.946. The molecule has 28 heavy (non-hydrogen) atoms. The molecule has 0 radical (unpaired) electrons. The second-order valence-corrected chi connectivity index (χ2v) is 8.53. The van der Waals surface area contributed by atoms with Gasteiger partial charge in [-0.05, 0) is 48.5 Å². The molecule has 4 rings (SSSR count). The Morgan fingerprint density at radius 3 is 2.21 bits per heavy atom. The molecule has 0 amide bonds. The molecule has 0 bridgehead atoms. The fourth-order valence-electron chi connectivity index (χ4n) is 3.49. The number of nitrogens with one attached hydrogen (secondary N) is 1. The minimum Gasteiger partial charge on any atom is -0.497 e. The van der Waals surface area contributed by atoms with E-state index in [-0.39, 0.29) is 0 Å². The quantitative estimate of drug-likeness (QED) is 0.349. The van der Waals surface area contributed by atoms with E-state index in [0.29, 0.717) is 13.1 Å². The summed E-state index contributed by atoms with van der Waals surface area (Å²) in [5.74, 6) is 0.790. The van der Waals surface area contributed by atoms with Crippen molar-refractivity contribution in [2.75, 3.05) is 19.0 Å². The highest BCUT2D eigenvalue weighted by Crippen LogP contribution is 2.33. The van der Waals surface area contributed by atoms with E-state index >= 15 is 0 Å². The average molecular weight is 504 g/mol. The first-order chi connectivity index (χ1) is 13.5. The number of benzene rings is 3. The molecule has 144 valence electrons. The Bertz CT molecular complexity index is 1080. The summed E-state index contributed by atoms with van der Waals surface area (Å²) >= 11 is 7.14.